The van der Waals surface area contributed by atoms with E-state index in [1.807, 2.05) is 0 Å². The lowest BCUT2D eigenvalue weighted by molar-refractivity contribution is -0.148. The van der Waals surface area contributed by atoms with Crippen LogP contribution in [0.5, 0.6) is 5.75 Å². The van der Waals surface area contributed by atoms with Crippen LogP contribution < -0.4 is 4.74 Å². The number of hydrogen-bond acceptors (Lipinski definition) is 3. The molecule has 1 spiro atoms. The van der Waals surface area contributed by atoms with Gasteiger partial charge < -0.3 is 9.84 Å². The Hall–Kier alpha value is -1.52. The van der Waals surface area contributed by atoms with Gasteiger partial charge in [-0.2, -0.15) is 5.10 Å². The van der Waals surface area contributed by atoms with Gasteiger partial charge in [0.2, 0.25) is 0 Å². The van der Waals surface area contributed by atoms with Gasteiger partial charge in [0.05, 0.1) is 19.5 Å². The van der Waals surface area contributed by atoms with E-state index >= 15 is 0 Å². The van der Waals surface area contributed by atoms with Crippen molar-refractivity contribution in [2.24, 2.45) is 5.41 Å². The van der Waals surface area contributed by atoms with Gasteiger partial charge in [0.25, 0.3) is 0 Å². The first-order valence-electron chi connectivity index (χ1n) is 6.93. The summed E-state index contributed by atoms with van der Waals surface area (Å²) in [6.45, 7) is 0. The highest BCUT2D eigenvalue weighted by atomic mass is 16.5. The number of aliphatic carboxylic acids is 1. The standard InChI is InChI=1S/C14H20N2O3/c1-19-11-8-15-16(9-11)14(12(17)18)7-6-13(10-14)4-2-3-5-13/h8-9H,2-7,10H2,1H3,(H,17,18). The van der Waals surface area contributed by atoms with E-state index < -0.39 is 11.5 Å². The van der Waals surface area contributed by atoms with Crippen molar-refractivity contribution in [3.05, 3.63) is 12.4 Å². The molecule has 2 aliphatic carbocycles. The second-order valence-electron chi connectivity index (χ2n) is 6.05. The fraction of sp³-hybridized carbons (Fsp3) is 0.714. The molecule has 2 aliphatic rings. The van der Waals surface area contributed by atoms with E-state index in [1.54, 1.807) is 24.2 Å². The molecule has 1 N–H and O–H groups in total. The number of rotatable bonds is 3. The maximum Gasteiger partial charge on any atom is 0.331 e. The average Bonchev–Trinajstić information content (AvgIpc) is 3.11. The summed E-state index contributed by atoms with van der Waals surface area (Å²) in [5, 5.41) is 14.0. The van der Waals surface area contributed by atoms with Crippen molar-refractivity contribution < 1.29 is 14.6 Å². The minimum atomic E-state index is -0.874. The summed E-state index contributed by atoms with van der Waals surface area (Å²) in [7, 11) is 1.57. The summed E-state index contributed by atoms with van der Waals surface area (Å²) in [6, 6.07) is 0. The summed E-state index contributed by atoms with van der Waals surface area (Å²) < 4.78 is 6.73. The van der Waals surface area contributed by atoms with Crippen molar-refractivity contribution in [2.45, 2.75) is 50.5 Å². The van der Waals surface area contributed by atoms with Gasteiger partial charge in [-0.1, -0.05) is 12.8 Å². The number of hydrogen-bond donors (Lipinski definition) is 1. The molecule has 0 radical (unpaired) electrons. The second-order valence-corrected chi connectivity index (χ2v) is 6.05. The molecule has 5 nitrogen and oxygen atoms in total. The van der Waals surface area contributed by atoms with Crippen LogP contribution in [0, 0.1) is 5.41 Å². The van der Waals surface area contributed by atoms with E-state index in [2.05, 4.69) is 5.10 Å². The molecule has 1 aromatic heterocycles. The molecular weight excluding hydrogens is 244 g/mol. The quantitative estimate of drug-likeness (QED) is 0.910. The zero-order valence-electron chi connectivity index (χ0n) is 11.3. The minimum absolute atomic E-state index is 0.234. The summed E-state index contributed by atoms with van der Waals surface area (Å²) in [5.41, 5.74) is -0.640. The molecule has 2 fully saturated rings. The van der Waals surface area contributed by atoms with Crippen molar-refractivity contribution in [1.29, 1.82) is 0 Å². The second kappa shape index (κ2) is 4.25. The molecule has 0 saturated heterocycles. The highest BCUT2D eigenvalue weighted by molar-refractivity contribution is 5.77. The lowest BCUT2D eigenvalue weighted by Gasteiger charge is -2.28. The van der Waals surface area contributed by atoms with Gasteiger partial charge in [0.1, 0.15) is 0 Å². The molecule has 1 atom stereocenters. The van der Waals surface area contributed by atoms with Gasteiger partial charge in [-0.05, 0) is 37.5 Å². The van der Waals surface area contributed by atoms with Crippen molar-refractivity contribution in [3.8, 4) is 5.75 Å². The number of methoxy groups -OCH3 is 1. The van der Waals surface area contributed by atoms with Crippen molar-refractivity contribution in [2.75, 3.05) is 7.11 Å². The number of carboxylic acids is 1. The number of carboxylic acid groups (broad SMARTS) is 1. The lowest BCUT2D eigenvalue weighted by Crippen LogP contribution is -2.41. The first-order chi connectivity index (χ1) is 9.10. The Morgan fingerprint density at radius 2 is 2.11 bits per heavy atom. The highest BCUT2D eigenvalue weighted by Crippen LogP contribution is 2.56. The van der Waals surface area contributed by atoms with Crippen LogP contribution >= 0.6 is 0 Å². The third-order valence-corrected chi connectivity index (χ3v) is 5.03. The first-order valence-corrected chi connectivity index (χ1v) is 6.93. The van der Waals surface area contributed by atoms with Crippen LogP contribution in [-0.2, 0) is 10.3 Å². The smallest absolute Gasteiger partial charge is 0.331 e. The van der Waals surface area contributed by atoms with E-state index in [1.165, 1.54) is 25.7 Å². The summed E-state index contributed by atoms with van der Waals surface area (Å²) in [6.07, 6.45) is 10.5. The summed E-state index contributed by atoms with van der Waals surface area (Å²) in [4.78, 5) is 11.9. The fourth-order valence-corrected chi connectivity index (χ4v) is 3.94. The monoisotopic (exact) mass is 264 g/mol. The molecule has 0 bridgehead atoms. The Balaban J connectivity index is 1.95. The molecule has 0 aromatic carbocycles. The van der Waals surface area contributed by atoms with Crippen molar-refractivity contribution in [1.82, 2.24) is 9.78 Å². The van der Waals surface area contributed by atoms with Crippen LogP contribution in [0.15, 0.2) is 12.4 Å². The Morgan fingerprint density at radius 1 is 1.37 bits per heavy atom. The molecule has 5 heteroatoms. The van der Waals surface area contributed by atoms with Crippen LogP contribution in [-0.4, -0.2) is 28.0 Å². The van der Waals surface area contributed by atoms with Gasteiger partial charge >= 0.3 is 5.97 Å². The Bertz CT molecular complexity index is 491. The highest BCUT2D eigenvalue weighted by Gasteiger charge is 2.55. The predicted molar refractivity (Wildman–Crippen MR) is 69.1 cm³/mol. The maximum absolute atomic E-state index is 11.9. The molecule has 2 saturated carbocycles. The molecule has 3 rings (SSSR count). The van der Waals surface area contributed by atoms with E-state index in [0.29, 0.717) is 18.6 Å². The maximum atomic E-state index is 11.9. The number of ether oxygens (including phenoxy) is 1. The van der Waals surface area contributed by atoms with E-state index in [4.69, 9.17) is 4.74 Å². The van der Waals surface area contributed by atoms with Gasteiger partial charge in [-0.15, -0.1) is 0 Å². The van der Waals surface area contributed by atoms with Crippen LogP contribution in [0.2, 0.25) is 0 Å². The number of nitrogens with zero attached hydrogens (tertiary/aromatic N) is 2. The van der Waals surface area contributed by atoms with Gasteiger partial charge in [-0.3, -0.25) is 4.68 Å². The summed E-state index contributed by atoms with van der Waals surface area (Å²) >= 11 is 0. The largest absolute Gasteiger partial charge is 0.493 e. The third-order valence-electron chi connectivity index (χ3n) is 5.03. The van der Waals surface area contributed by atoms with Crippen LogP contribution in [0.3, 0.4) is 0 Å². The van der Waals surface area contributed by atoms with Crippen molar-refractivity contribution in [3.63, 3.8) is 0 Å². The fourth-order valence-electron chi connectivity index (χ4n) is 3.94. The number of carbonyl (C=O) groups is 1. The molecule has 0 aliphatic heterocycles. The zero-order valence-corrected chi connectivity index (χ0v) is 11.3. The predicted octanol–water partition coefficient (Wildman–Crippen LogP) is 2.42. The van der Waals surface area contributed by atoms with E-state index in [9.17, 15) is 9.90 Å². The molecular formula is C14H20N2O3. The molecule has 1 aromatic rings. The Morgan fingerprint density at radius 3 is 2.68 bits per heavy atom. The molecule has 19 heavy (non-hydrogen) atoms. The zero-order chi connectivity index (χ0) is 13.5. The summed E-state index contributed by atoms with van der Waals surface area (Å²) in [5.74, 6) is -0.143. The van der Waals surface area contributed by atoms with E-state index in [0.717, 1.165) is 6.42 Å². The first kappa shape index (κ1) is 12.5. The van der Waals surface area contributed by atoms with Crippen LogP contribution in [0.25, 0.3) is 0 Å². The normalized spacial score (nSPS) is 28.9. The lowest BCUT2D eigenvalue weighted by atomic mass is 9.82. The molecule has 1 unspecified atom stereocenters. The van der Waals surface area contributed by atoms with Gasteiger partial charge in [0.15, 0.2) is 11.3 Å². The molecule has 1 heterocycles. The van der Waals surface area contributed by atoms with Gasteiger partial charge in [-0.25, -0.2) is 4.79 Å². The Labute approximate surface area is 112 Å². The van der Waals surface area contributed by atoms with E-state index in [-0.39, 0.29) is 5.41 Å². The minimum Gasteiger partial charge on any atom is -0.493 e. The topological polar surface area (TPSA) is 64.4 Å². The molecule has 0 amide bonds. The SMILES string of the molecule is COc1cnn(C2(C(=O)O)CCC3(CCCC3)C2)c1. The Kier molecular flexibility index (Phi) is 2.80. The van der Waals surface area contributed by atoms with Crippen LogP contribution in [0.4, 0.5) is 0 Å². The van der Waals surface area contributed by atoms with Gasteiger partial charge in [0, 0.05) is 0 Å². The van der Waals surface area contributed by atoms with Crippen LogP contribution in [0.1, 0.15) is 44.9 Å². The average molecular weight is 264 g/mol. The number of aromatic nitrogens is 2. The molecule has 104 valence electrons. The third kappa shape index (κ3) is 1.83. The van der Waals surface area contributed by atoms with Crippen molar-refractivity contribution >= 4 is 5.97 Å².